The highest BCUT2D eigenvalue weighted by atomic mass is 32.2. The molecule has 0 aliphatic heterocycles. The summed E-state index contributed by atoms with van der Waals surface area (Å²) in [5.41, 5.74) is 0. The van der Waals surface area contributed by atoms with Gasteiger partial charge in [0.15, 0.2) is 8.32 Å². The molecule has 0 aliphatic carbocycles. The normalized spacial score (nSPS) is 13.6. The molecule has 5 heteroatoms. The Kier molecular flexibility index (Phi) is 32.9. The zero-order chi connectivity index (χ0) is 35.8. The Balaban J connectivity index is 4.19. The molecule has 2 atom stereocenters. The van der Waals surface area contributed by atoms with E-state index in [1.165, 1.54) is 167 Å². The van der Waals surface area contributed by atoms with Crippen LogP contribution in [0.2, 0.25) is 18.1 Å². The first-order chi connectivity index (χ1) is 23.0. The highest BCUT2D eigenvalue weighted by Crippen LogP contribution is 2.37. The summed E-state index contributed by atoms with van der Waals surface area (Å²) in [4.78, 5) is 12.9. The fraction of sp³-hybridized carbons (Fsp3) is 0.977. The van der Waals surface area contributed by atoms with Gasteiger partial charge in [-0.25, -0.2) is 0 Å². The van der Waals surface area contributed by atoms with Gasteiger partial charge in [0.1, 0.15) is 6.10 Å². The number of carbonyl (C=O) groups excluding carboxylic acids is 1. The summed E-state index contributed by atoms with van der Waals surface area (Å²) in [5.74, 6) is 0.820. The lowest BCUT2D eigenvalue weighted by molar-refractivity contribution is -0.149. The second-order valence-corrected chi connectivity index (χ2v) is 23.0. The zero-order valence-electron chi connectivity index (χ0n) is 34.2. The van der Waals surface area contributed by atoms with Crippen LogP contribution in [0.15, 0.2) is 0 Å². The van der Waals surface area contributed by atoms with E-state index < -0.39 is 8.32 Å². The van der Waals surface area contributed by atoms with E-state index in [1.807, 2.05) is 11.8 Å². The minimum absolute atomic E-state index is 0.0258. The first-order valence-corrected chi connectivity index (χ1v) is 25.4. The lowest BCUT2D eigenvalue weighted by Crippen LogP contribution is -2.43. The van der Waals surface area contributed by atoms with Crippen molar-refractivity contribution in [1.82, 2.24) is 0 Å². The van der Waals surface area contributed by atoms with Gasteiger partial charge in [-0.05, 0) is 31.0 Å². The van der Waals surface area contributed by atoms with E-state index >= 15 is 0 Å². The third-order valence-electron chi connectivity index (χ3n) is 10.7. The summed E-state index contributed by atoms with van der Waals surface area (Å²) in [5, 5.41) is 0.752. The lowest BCUT2D eigenvalue weighted by atomic mass is 10.0. The molecule has 0 amide bonds. The molecular formula is C43H88O3SSi. The van der Waals surface area contributed by atoms with Gasteiger partial charge >= 0.3 is 5.97 Å². The first-order valence-electron chi connectivity index (χ1n) is 21.5. The molecule has 0 aromatic rings. The number of unbranched alkanes of at least 4 members (excludes halogenated alkanes) is 25. The first kappa shape index (κ1) is 48.0. The van der Waals surface area contributed by atoms with Crippen LogP contribution in [0, 0.1) is 0 Å². The van der Waals surface area contributed by atoms with Crippen LogP contribution >= 0.6 is 11.8 Å². The zero-order valence-corrected chi connectivity index (χ0v) is 36.0. The fourth-order valence-electron chi connectivity index (χ4n) is 6.15. The van der Waals surface area contributed by atoms with Crippen molar-refractivity contribution < 1.29 is 14.0 Å². The van der Waals surface area contributed by atoms with Crippen LogP contribution in [-0.4, -0.2) is 38.0 Å². The van der Waals surface area contributed by atoms with E-state index in [0.717, 1.165) is 18.6 Å². The van der Waals surface area contributed by atoms with Crippen molar-refractivity contribution in [2.24, 2.45) is 0 Å². The molecule has 2 unspecified atom stereocenters. The number of carbonyl (C=O) groups is 1. The average molecular weight is 713 g/mol. The van der Waals surface area contributed by atoms with Gasteiger partial charge in [0.2, 0.25) is 0 Å². The van der Waals surface area contributed by atoms with E-state index in [2.05, 4.69) is 54.6 Å². The molecule has 0 aromatic heterocycles. The van der Waals surface area contributed by atoms with E-state index in [0.29, 0.717) is 18.3 Å². The Bertz CT molecular complexity index is 692. The summed E-state index contributed by atoms with van der Waals surface area (Å²) in [7, 11) is -1.89. The molecule has 0 aliphatic rings. The Labute approximate surface area is 308 Å². The predicted molar refractivity (Wildman–Crippen MR) is 220 cm³/mol. The summed E-state index contributed by atoms with van der Waals surface area (Å²) in [6.07, 6.45) is 38.6. The molecular weight excluding hydrogens is 625 g/mol. The van der Waals surface area contributed by atoms with Gasteiger partial charge in [-0.1, -0.05) is 208 Å². The molecule has 48 heavy (non-hydrogen) atoms. The molecule has 0 saturated heterocycles. The van der Waals surface area contributed by atoms with Crippen LogP contribution in [0.1, 0.15) is 228 Å². The number of esters is 1. The van der Waals surface area contributed by atoms with Crippen molar-refractivity contribution in [3.8, 4) is 0 Å². The Morgan fingerprint density at radius 3 is 1.31 bits per heavy atom. The maximum atomic E-state index is 12.9. The smallest absolute Gasteiger partial charge is 0.306 e. The average Bonchev–Trinajstić information content (AvgIpc) is 3.04. The number of ether oxygens (including phenoxy) is 1. The third-order valence-corrected chi connectivity index (χ3v) is 16.6. The van der Waals surface area contributed by atoms with Gasteiger partial charge in [-0.2, -0.15) is 11.8 Å². The van der Waals surface area contributed by atoms with Gasteiger partial charge in [-0.15, -0.1) is 0 Å². The maximum Gasteiger partial charge on any atom is 0.306 e. The van der Waals surface area contributed by atoms with Gasteiger partial charge in [-0.3, -0.25) is 4.79 Å². The van der Waals surface area contributed by atoms with Crippen LogP contribution in [-0.2, 0) is 14.0 Å². The number of hydrogen-bond donors (Lipinski definition) is 0. The molecule has 3 nitrogen and oxygen atoms in total. The van der Waals surface area contributed by atoms with Gasteiger partial charge in [0.25, 0.3) is 0 Å². The Morgan fingerprint density at radius 1 is 0.583 bits per heavy atom. The molecule has 0 fully saturated rings. The maximum absolute atomic E-state index is 12.9. The van der Waals surface area contributed by atoms with E-state index in [-0.39, 0.29) is 17.1 Å². The minimum Gasteiger partial charge on any atom is -0.459 e. The highest BCUT2D eigenvalue weighted by molar-refractivity contribution is 7.99. The fourth-order valence-corrected chi connectivity index (χ4v) is 8.22. The molecule has 0 bridgehead atoms. The van der Waals surface area contributed by atoms with Crippen LogP contribution < -0.4 is 0 Å². The monoisotopic (exact) mass is 713 g/mol. The van der Waals surface area contributed by atoms with Crippen molar-refractivity contribution in [1.29, 1.82) is 0 Å². The molecule has 0 rings (SSSR count). The van der Waals surface area contributed by atoms with Crippen molar-refractivity contribution in [2.75, 3.05) is 12.4 Å². The third kappa shape index (κ3) is 30.8. The molecule has 0 saturated carbocycles. The molecule has 0 heterocycles. The van der Waals surface area contributed by atoms with Crippen LogP contribution in [0.25, 0.3) is 0 Å². The number of thioether (sulfide) groups is 1. The number of hydrogen-bond acceptors (Lipinski definition) is 4. The summed E-state index contributed by atoms with van der Waals surface area (Å²) >= 11 is 1.98. The predicted octanol–water partition coefficient (Wildman–Crippen LogP) is 15.4. The van der Waals surface area contributed by atoms with Crippen molar-refractivity contribution in [3.05, 3.63) is 0 Å². The largest absolute Gasteiger partial charge is 0.459 e. The SMILES string of the molecule is CCCCCCCCCCCCCCCCC(C)SCC(CO[Si](C)(C)C(C)(C)C)OC(=O)CCCCCCCCCCCCCCC. The summed E-state index contributed by atoms with van der Waals surface area (Å²) in [6, 6.07) is 0. The van der Waals surface area contributed by atoms with Crippen LogP contribution in [0.5, 0.6) is 0 Å². The molecule has 288 valence electrons. The van der Waals surface area contributed by atoms with Crippen molar-refractivity contribution in [2.45, 2.75) is 257 Å². The summed E-state index contributed by atoms with van der Waals surface area (Å²) < 4.78 is 12.6. The summed E-state index contributed by atoms with van der Waals surface area (Å²) in [6.45, 7) is 18.9. The van der Waals surface area contributed by atoms with Gasteiger partial charge in [0.05, 0.1) is 6.61 Å². The van der Waals surface area contributed by atoms with E-state index in [9.17, 15) is 4.79 Å². The van der Waals surface area contributed by atoms with E-state index in [1.54, 1.807) is 0 Å². The highest BCUT2D eigenvalue weighted by Gasteiger charge is 2.38. The molecule has 0 N–H and O–H groups in total. The molecule has 0 aromatic carbocycles. The van der Waals surface area contributed by atoms with Gasteiger partial charge in [0, 0.05) is 17.4 Å². The van der Waals surface area contributed by atoms with Crippen LogP contribution in [0.3, 0.4) is 0 Å². The topological polar surface area (TPSA) is 35.5 Å². The van der Waals surface area contributed by atoms with Gasteiger partial charge < -0.3 is 9.16 Å². The second-order valence-electron chi connectivity index (χ2n) is 16.7. The molecule has 0 spiro atoms. The Hall–Kier alpha value is -0.00312. The van der Waals surface area contributed by atoms with Crippen molar-refractivity contribution in [3.63, 3.8) is 0 Å². The van der Waals surface area contributed by atoms with Crippen LogP contribution in [0.4, 0.5) is 0 Å². The van der Waals surface area contributed by atoms with E-state index in [4.69, 9.17) is 9.16 Å². The van der Waals surface area contributed by atoms with Crippen molar-refractivity contribution >= 4 is 26.0 Å². The standard InChI is InChI=1S/C43H88O3SSi/c1-9-11-13-15-17-19-21-23-25-26-28-30-32-34-36-40(3)47-39-41(38-45-48(7,8)43(4,5)6)46-42(44)37-35-33-31-29-27-24-22-20-18-16-14-12-10-2/h40-41H,9-39H2,1-8H3. The number of rotatable bonds is 36. The molecule has 0 radical (unpaired) electrons. The lowest BCUT2D eigenvalue weighted by Gasteiger charge is -2.37. The quantitative estimate of drug-likeness (QED) is 0.0368. The minimum atomic E-state index is -1.89. The second kappa shape index (κ2) is 32.9. The Morgan fingerprint density at radius 2 is 0.938 bits per heavy atom.